The zero-order valence-corrected chi connectivity index (χ0v) is 12.5. The fraction of sp³-hybridized carbons (Fsp3) is 0.0625. The molecule has 6 nitrogen and oxygen atoms in total. The first kappa shape index (κ1) is 15.6. The predicted molar refractivity (Wildman–Crippen MR) is 87.8 cm³/mol. The number of halogens is 2. The summed E-state index contributed by atoms with van der Waals surface area (Å²) in [5, 5.41) is 2.95. The van der Waals surface area contributed by atoms with Crippen molar-refractivity contribution in [3.8, 4) is 11.4 Å². The Morgan fingerprint density at radius 2 is 1.71 bits per heavy atom. The van der Waals surface area contributed by atoms with Crippen LogP contribution in [0.4, 0.5) is 26.4 Å². The average Bonchev–Trinajstić information content (AvgIpc) is 2.52. The first-order chi connectivity index (χ1) is 11.5. The smallest absolute Gasteiger partial charge is 0.228 e. The van der Waals surface area contributed by atoms with E-state index in [9.17, 15) is 8.78 Å². The molecule has 0 saturated carbocycles. The van der Waals surface area contributed by atoms with Crippen LogP contribution in [0.25, 0.3) is 11.4 Å². The highest BCUT2D eigenvalue weighted by molar-refractivity contribution is 5.72. The fourth-order valence-electron chi connectivity index (χ4n) is 2.16. The zero-order valence-electron chi connectivity index (χ0n) is 12.5. The predicted octanol–water partition coefficient (Wildman–Crippen LogP) is 2.59. The second-order valence-electron chi connectivity index (χ2n) is 5.06. The number of nitrogen functional groups attached to an aromatic ring is 2. The minimum Gasteiger partial charge on any atom is -0.398 e. The molecule has 0 radical (unpaired) electrons. The van der Waals surface area contributed by atoms with Gasteiger partial charge in [-0.05, 0) is 35.9 Å². The number of hydrogen-bond donors (Lipinski definition) is 3. The number of rotatable bonds is 4. The molecule has 122 valence electrons. The summed E-state index contributed by atoms with van der Waals surface area (Å²) in [4.78, 5) is 12.2. The van der Waals surface area contributed by atoms with Crippen LogP contribution < -0.4 is 16.8 Å². The standard InChI is InChI=1S/C16H14F2N6/c17-10-3-1-2-9(6-10)8-21-16-23-14(22-15(20)24-16)12-5-4-11(18)7-13(12)19/h1-7H,8,19H2,(H3,20,21,22,23,24). The molecule has 24 heavy (non-hydrogen) atoms. The van der Waals surface area contributed by atoms with Crippen LogP contribution in [0.2, 0.25) is 0 Å². The van der Waals surface area contributed by atoms with Crippen molar-refractivity contribution in [3.63, 3.8) is 0 Å². The molecule has 3 aromatic rings. The largest absolute Gasteiger partial charge is 0.398 e. The highest BCUT2D eigenvalue weighted by Crippen LogP contribution is 2.24. The Bertz CT molecular complexity index is 884. The maximum absolute atomic E-state index is 13.2. The average molecular weight is 328 g/mol. The monoisotopic (exact) mass is 328 g/mol. The summed E-state index contributed by atoms with van der Waals surface area (Å²) in [6, 6.07) is 10.0. The minimum absolute atomic E-state index is 0.00883. The van der Waals surface area contributed by atoms with Crippen LogP contribution in [-0.2, 0) is 6.54 Å². The van der Waals surface area contributed by atoms with E-state index in [1.54, 1.807) is 12.1 Å². The maximum Gasteiger partial charge on any atom is 0.228 e. The normalized spacial score (nSPS) is 10.6. The molecule has 0 amide bonds. The van der Waals surface area contributed by atoms with E-state index < -0.39 is 5.82 Å². The number of aromatic nitrogens is 3. The second kappa shape index (κ2) is 6.45. The molecule has 0 bridgehead atoms. The molecule has 5 N–H and O–H groups in total. The van der Waals surface area contributed by atoms with Crippen molar-refractivity contribution in [1.29, 1.82) is 0 Å². The molecule has 8 heteroatoms. The Hall–Kier alpha value is -3.29. The van der Waals surface area contributed by atoms with E-state index in [-0.39, 0.29) is 29.2 Å². The van der Waals surface area contributed by atoms with Crippen molar-refractivity contribution in [2.45, 2.75) is 6.54 Å². The Balaban J connectivity index is 1.86. The molecule has 0 fully saturated rings. The van der Waals surface area contributed by atoms with E-state index in [2.05, 4.69) is 20.3 Å². The third-order valence-corrected chi connectivity index (χ3v) is 3.25. The van der Waals surface area contributed by atoms with E-state index in [0.29, 0.717) is 12.1 Å². The Labute approximate surface area is 136 Å². The fourth-order valence-corrected chi connectivity index (χ4v) is 2.16. The summed E-state index contributed by atoms with van der Waals surface area (Å²) in [5.41, 5.74) is 12.8. The highest BCUT2D eigenvalue weighted by atomic mass is 19.1. The van der Waals surface area contributed by atoms with Crippen molar-refractivity contribution in [1.82, 2.24) is 15.0 Å². The summed E-state index contributed by atoms with van der Waals surface area (Å²) in [5.74, 6) is -0.357. The van der Waals surface area contributed by atoms with Gasteiger partial charge in [-0.2, -0.15) is 15.0 Å². The second-order valence-corrected chi connectivity index (χ2v) is 5.06. The van der Waals surface area contributed by atoms with E-state index in [1.165, 1.54) is 30.3 Å². The number of nitrogens with one attached hydrogen (secondary N) is 1. The third-order valence-electron chi connectivity index (χ3n) is 3.25. The van der Waals surface area contributed by atoms with Crippen molar-refractivity contribution >= 4 is 17.6 Å². The molecule has 0 unspecified atom stereocenters. The summed E-state index contributed by atoms with van der Waals surface area (Å²) in [6.07, 6.45) is 0. The topological polar surface area (TPSA) is 103 Å². The molecule has 0 spiro atoms. The third kappa shape index (κ3) is 3.54. The van der Waals surface area contributed by atoms with Gasteiger partial charge in [0.15, 0.2) is 5.82 Å². The van der Waals surface area contributed by atoms with E-state index in [1.807, 2.05) is 0 Å². The number of nitrogens with zero attached hydrogens (tertiary/aromatic N) is 3. The summed E-state index contributed by atoms with van der Waals surface area (Å²) < 4.78 is 26.3. The molecule has 3 rings (SSSR count). The van der Waals surface area contributed by atoms with Gasteiger partial charge in [0.05, 0.1) is 0 Å². The quantitative estimate of drug-likeness (QED) is 0.636. The molecule has 0 aliphatic heterocycles. The van der Waals surface area contributed by atoms with Crippen LogP contribution in [0.3, 0.4) is 0 Å². The Kier molecular flexibility index (Phi) is 4.19. The van der Waals surface area contributed by atoms with Gasteiger partial charge in [-0.15, -0.1) is 0 Å². The zero-order chi connectivity index (χ0) is 17.1. The van der Waals surface area contributed by atoms with Gasteiger partial charge in [-0.25, -0.2) is 8.78 Å². The van der Waals surface area contributed by atoms with Gasteiger partial charge in [0.25, 0.3) is 0 Å². The van der Waals surface area contributed by atoms with Gasteiger partial charge in [0.2, 0.25) is 11.9 Å². The maximum atomic E-state index is 13.2. The van der Waals surface area contributed by atoms with Gasteiger partial charge in [0.1, 0.15) is 11.6 Å². The SMILES string of the molecule is Nc1nc(NCc2cccc(F)c2)nc(-c2ccc(F)cc2N)n1. The van der Waals surface area contributed by atoms with Crippen LogP contribution >= 0.6 is 0 Å². The van der Waals surface area contributed by atoms with Gasteiger partial charge >= 0.3 is 0 Å². The number of anilines is 3. The van der Waals surface area contributed by atoms with Crippen molar-refractivity contribution in [2.24, 2.45) is 0 Å². The van der Waals surface area contributed by atoms with Gasteiger partial charge in [0, 0.05) is 17.8 Å². The van der Waals surface area contributed by atoms with Crippen LogP contribution in [0.15, 0.2) is 42.5 Å². The first-order valence-corrected chi connectivity index (χ1v) is 7.06. The number of nitrogens with two attached hydrogens (primary N) is 2. The molecule has 0 aliphatic carbocycles. The number of hydrogen-bond acceptors (Lipinski definition) is 6. The molecule has 2 aromatic carbocycles. The lowest BCUT2D eigenvalue weighted by Crippen LogP contribution is -2.09. The van der Waals surface area contributed by atoms with Crippen molar-refractivity contribution in [3.05, 3.63) is 59.7 Å². The lowest BCUT2D eigenvalue weighted by Gasteiger charge is -2.09. The van der Waals surface area contributed by atoms with Crippen molar-refractivity contribution in [2.75, 3.05) is 16.8 Å². The highest BCUT2D eigenvalue weighted by Gasteiger charge is 2.10. The molecule has 0 atom stereocenters. The summed E-state index contributed by atoms with van der Waals surface area (Å²) >= 11 is 0. The van der Waals surface area contributed by atoms with Crippen LogP contribution in [-0.4, -0.2) is 15.0 Å². The molecule has 1 aromatic heterocycles. The summed E-state index contributed by atoms with van der Waals surface area (Å²) in [6.45, 7) is 0.305. The molecule has 0 aliphatic rings. The van der Waals surface area contributed by atoms with E-state index in [0.717, 1.165) is 5.56 Å². The first-order valence-electron chi connectivity index (χ1n) is 7.06. The summed E-state index contributed by atoms with van der Waals surface area (Å²) in [7, 11) is 0. The van der Waals surface area contributed by atoms with Gasteiger partial charge < -0.3 is 16.8 Å². The Morgan fingerprint density at radius 3 is 2.46 bits per heavy atom. The van der Waals surface area contributed by atoms with Crippen molar-refractivity contribution < 1.29 is 8.78 Å². The van der Waals surface area contributed by atoms with Crippen LogP contribution in [0.1, 0.15) is 5.56 Å². The van der Waals surface area contributed by atoms with Gasteiger partial charge in [-0.1, -0.05) is 12.1 Å². The number of benzene rings is 2. The minimum atomic E-state index is -0.456. The van der Waals surface area contributed by atoms with Crippen LogP contribution in [0.5, 0.6) is 0 Å². The molecule has 0 saturated heterocycles. The van der Waals surface area contributed by atoms with Crippen LogP contribution in [0, 0.1) is 11.6 Å². The molecule has 1 heterocycles. The van der Waals surface area contributed by atoms with E-state index in [4.69, 9.17) is 11.5 Å². The molecular weight excluding hydrogens is 314 g/mol. The lowest BCUT2D eigenvalue weighted by atomic mass is 10.1. The molecular formula is C16H14F2N6. The van der Waals surface area contributed by atoms with Gasteiger partial charge in [-0.3, -0.25) is 0 Å². The van der Waals surface area contributed by atoms with E-state index >= 15 is 0 Å². The Morgan fingerprint density at radius 1 is 0.917 bits per heavy atom. The lowest BCUT2D eigenvalue weighted by molar-refractivity contribution is 0.625.